The fourth-order valence-electron chi connectivity index (χ4n) is 2.46. The molecule has 0 aliphatic rings. The van der Waals surface area contributed by atoms with Gasteiger partial charge in [-0.3, -0.25) is 25.8 Å². The summed E-state index contributed by atoms with van der Waals surface area (Å²) in [5, 5.41) is 2.40. The van der Waals surface area contributed by atoms with Crippen molar-refractivity contribution < 1.29 is 23.8 Å². The minimum atomic E-state index is -0.460. The zero-order valence-electron chi connectivity index (χ0n) is 18.4. The van der Waals surface area contributed by atoms with E-state index in [0.29, 0.717) is 35.3 Å². The summed E-state index contributed by atoms with van der Waals surface area (Å²) in [4.78, 5) is 24.3. The number of carbonyl (C=O) groups excluding carboxylic acids is 2. The summed E-state index contributed by atoms with van der Waals surface area (Å²) in [5.41, 5.74) is 6.09. The van der Waals surface area contributed by atoms with Crippen molar-refractivity contribution in [2.75, 3.05) is 20.8 Å². The standard InChI is InChI=1S/C23H27N3O5S/c1-15(2)14-31-18-9-7-17(8-10-18)22(28)25-26-23(32)24-21(27)12-6-16-5-11-19(29-3)20(13-16)30-4/h5-13,15H,14H2,1-4H3,(H,25,28)(H2,24,26,27,32). The molecule has 2 aromatic rings. The van der Waals surface area contributed by atoms with Crippen molar-refractivity contribution in [3.05, 3.63) is 59.7 Å². The minimum absolute atomic E-state index is 0.0443. The monoisotopic (exact) mass is 457 g/mol. The van der Waals surface area contributed by atoms with E-state index in [-0.39, 0.29) is 5.11 Å². The number of carbonyl (C=O) groups is 2. The molecule has 2 rings (SSSR count). The Morgan fingerprint density at radius 1 is 1.00 bits per heavy atom. The van der Waals surface area contributed by atoms with Crippen molar-refractivity contribution in [3.63, 3.8) is 0 Å². The molecule has 2 aromatic carbocycles. The fourth-order valence-corrected chi connectivity index (χ4v) is 2.62. The molecule has 2 amide bonds. The molecule has 8 nitrogen and oxygen atoms in total. The van der Waals surface area contributed by atoms with Gasteiger partial charge in [-0.15, -0.1) is 0 Å². The van der Waals surface area contributed by atoms with E-state index in [9.17, 15) is 9.59 Å². The molecule has 3 N–H and O–H groups in total. The van der Waals surface area contributed by atoms with Crippen LogP contribution in [0, 0.1) is 5.92 Å². The Bertz CT molecular complexity index is 974. The van der Waals surface area contributed by atoms with Crippen LogP contribution in [0.25, 0.3) is 6.08 Å². The molecule has 0 bridgehead atoms. The molecular formula is C23H27N3O5S. The number of hydrogen-bond donors (Lipinski definition) is 3. The van der Waals surface area contributed by atoms with Crippen LogP contribution < -0.4 is 30.4 Å². The highest BCUT2D eigenvalue weighted by Crippen LogP contribution is 2.27. The largest absolute Gasteiger partial charge is 0.493 e. The highest BCUT2D eigenvalue weighted by atomic mass is 32.1. The molecule has 0 atom stereocenters. The van der Waals surface area contributed by atoms with Gasteiger partial charge in [-0.1, -0.05) is 19.9 Å². The Kier molecular flexibility index (Phi) is 9.49. The van der Waals surface area contributed by atoms with Crippen molar-refractivity contribution in [3.8, 4) is 17.2 Å². The van der Waals surface area contributed by atoms with Gasteiger partial charge in [0, 0.05) is 11.6 Å². The lowest BCUT2D eigenvalue weighted by molar-refractivity contribution is -0.115. The Labute approximate surface area is 192 Å². The summed E-state index contributed by atoms with van der Waals surface area (Å²) >= 11 is 5.03. The first kappa shape index (κ1) is 24.7. The molecule has 0 aliphatic heterocycles. The number of nitrogens with one attached hydrogen (secondary N) is 3. The number of rotatable bonds is 8. The Morgan fingerprint density at radius 3 is 2.31 bits per heavy atom. The average Bonchev–Trinajstić information content (AvgIpc) is 2.79. The molecule has 0 aliphatic carbocycles. The zero-order chi connectivity index (χ0) is 23.5. The summed E-state index contributed by atoms with van der Waals surface area (Å²) in [5.74, 6) is 1.37. The number of benzene rings is 2. The zero-order valence-corrected chi connectivity index (χ0v) is 19.2. The van der Waals surface area contributed by atoms with E-state index in [1.807, 2.05) is 0 Å². The van der Waals surface area contributed by atoms with Gasteiger partial charge in [-0.2, -0.15) is 0 Å². The van der Waals surface area contributed by atoms with Crippen LogP contribution in [-0.2, 0) is 4.79 Å². The first-order chi connectivity index (χ1) is 15.3. The highest BCUT2D eigenvalue weighted by molar-refractivity contribution is 7.80. The van der Waals surface area contributed by atoms with Crippen molar-refractivity contribution in [1.29, 1.82) is 0 Å². The van der Waals surface area contributed by atoms with E-state index < -0.39 is 11.8 Å². The molecule has 0 unspecified atom stereocenters. The van der Waals surface area contributed by atoms with Gasteiger partial charge >= 0.3 is 0 Å². The van der Waals surface area contributed by atoms with Gasteiger partial charge in [-0.05, 0) is 66.2 Å². The SMILES string of the molecule is COc1ccc(C=CC(=O)NC(=S)NNC(=O)c2ccc(OCC(C)C)cc2)cc1OC. The highest BCUT2D eigenvalue weighted by Gasteiger charge is 2.08. The molecule has 170 valence electrons. The number of hydrogen-bond acceptors (Lipinski definition) is 6. The first-order valence-electron chi connectivity index (χ1n) is 9.86. The lowest BCUT2D eigenvalue weighted by Crippen LogP contribution is -2.48. The molecule has 9 heteroatoms. The number of methoxy groups -OCH3 is 2. The van der Waals surface area contributed by atoms with E-state index in [4.69, 9.17) is 26.4 Å². The van der Waals surface area contributed by atoms with Crippen LogP contribution in [0.5, 0.6) is 17.2 Å². The molecule has 0 heterocycles. The van der Waals surface area contributed by atoms with Crippen LogP contribution in [0.15, 0.2) is 48.5 Å². The van der Waals surface area contributed by atoms with Gasteiger partial charge in [-0.25, -0.2) is 0 Å². The third kappa shape index (κ3) is 7.92. The quantitative estimate of drug-likeness (QED) is 0.318. The van der Waals surface area contributed by atoms with Gasteiger partial charge in [0.2, 0.25) is 5.91 Å². The molecular weight excluding hydrogens is 430 g/mol. The van der Waals surface area contributed by atoms with Gasteiger partial charge in [0.05, 0.1) is 20.8 Å². The molecule has 0 aromatic heterocycles. The molecule has 32 heavy (non-hydrogen) atoms. The summed E-state index contributed by atoms with van der Waals surface area (Å²) < 4.78 is 16.0. The normalized spacial score (nSPS) is 10.5. The van der Waals surface area contributed by atoms with Crippen LogP contribution in [0.2, 0.25) is 0 Å². The second kappa shape index (κ2) is 12.3. The molecule has 0 saturated heterocycles. The van der Waals surface area contributed by atoms with Gasteiger partial charge in [0.15, 0.2) is 16.6 Å². The Morgan fingerprint density at radius 2 is 1.69 bits per heavy atom. The summed E-state index contributed by atoms with van der Waals surface area (Å²) in [6, 6.07) is 12.0. The van der Waals surface area contributed by atoms with Crippen LogP contribution in [0.1, 0.15) is 29.8 Å². The van der Waals surface area contributed by atoms with Crippen molar-refractivity contribution in [2.24, 2.45) is 5.92 Å². The number of ether oxygens (including phenoxy) is 3. The first-order valence-corrected chi connectivity index (χ1v) is 10.3. The summed E-state index contributed by atoms with van der Waals surface area (Å²) in [6.07, 6.45) is 2.91. The summed E-state index contributed by atoms with van der Waals surface area (Å²) in [7, 11) is 3.08. The molecule has 0 radical (unpaired) electrons. The maximum atomic E-state index is 12.2. The van der Waals surface area contributed by atoms with E-state index in [2.05, 4.69) is 30.0 Å². The molecule has 0 fully saturated rings. The van der Waals surface area contributed by atoms with Crippen LogP contribution in [-0.4, -0.2) is 37.8 Å². The lowest BCUT2D eigenvalue weighted by Gasteiger charge is -2.11. The second-order valence-electron chi connectivity index (χ2n) is 7.07. The predicted molar refractivity (Wildman–Crippen MR) is 127 cm³/mol. The van der Waals surface area contributed by atoms with Gasteiger partial charge < -0.3 is 14.2 Å². The van der Waals surface area contributed by atoms with Crippen LogP contribution in [0.3, 0.4) is 0 Å². The topological polar surface area (TPSA) is 97.9 Å². The smallest absolute Gasteiger partial charge is 0.269 e. The van der Waals surface area contributed by atoms with E-state index in [0.717, 1.165) is 5.56 Å². The van der Waals surface area contributed by atoms with E-state index >= 15 is 0 Å². The van der Waals surface area contributed by atoms with E-state index in [1.54, 1.807) is 55.7 Å². The van der Waals surface area contributed by atoms with E-state index in [1.165, 1.54) is 13.2 Å². The maximum absolute atomic E-state index is 12.2. The van der Waals surface area contributed by atoms with Crippen molar-refractivity contribution in [1.82, 2.24) is 16.2 Å². The molecule has 0 spiro atoms. The minimum Gasteiger partial charge on any atom is -0.493 e. The second-order valence-corrected chi connectivity index (χ2v) is 7.48. The number of amides is 2. The number of thiocarbonyl (C=S) groups is 1. The Balaban J connectivity index is 1.81. The maximum Gasteiger partial charge on any atom is 0.269 e. The lowest BCUT2D eigenvalue weighted by atomic mass is 10.2. The molecule has 0 saturated carbocycles. The third-order valence-electron chi connectivity index (χ3n) is 4.06. The van der Waals surface area contributed by atoms with Gasteiger partial charge in [0.1, 0.15) is 5.75 Å². The van der Waals surface area contributed by atoms with Crippen LogP contribution >= 0.6 is 12.2 Å². The Hall–Kier alpha value is -3.59. The van der Waals surface area contributed by atoms with Crippen molar-refractivity contribution in [2.45, 2.75) is 13.8 Å². The summed E-state index contributed by atoms with van der Waals surface area (Å²) in [6.45, 7) is 4.71. The fraction of sp³-hybridized carbons (Fsp3) is 0.261. The third-order valence-corrected chi connectivity index (χ3v) is 4.27. The number of hydrazine groups is 1. The average molecular weight is 458 g/mol. The van der Waals surface area contributed by atoms with Crippen LogP contribution in [0.4, 0.5) is 0 Å². The van der Waals surface area contributed by atoms with Crippen molar-refractivity contribution >= 4 is 35.2 Å². The predicted octanol–water partition coefficient (Wildman–Crippen LogP) is 3.09. The van der Waals surface area contributed by atoms with Gasteiger partial charge in [0.25, 0.3) is 5.91 Å².